The summed E-state index contributed by atoms with van der Waals surface area (Å²) in [5.74, 6) is -0.0217. The van der Waals surface area contributed by atoms with Crippen molar-refractivity contribution in [3.8, 4) is 0 Å². The van der Waals surface area contributed by atoms with Gasteiger partial charge in [0.1, 0.15) is 0 Å². The third kappa shape index (κ3) is 2.53. The van der Waals surface area contributed by atoms with E-state index in [1.54, 1.807) is 11.9 Å². The summed E-state index contributed by atoms with van der Waals surface area (Å²) in [6, 6.07) is 5.57. The van der Waals surface area contributed by atoms with E-state index in [2.05, 4.69) is 5.32 Å². The van der Waals surface area contributed by atoms with Crippen molar-refractivity contribution in [2.45, 2.75) is 26.3 Å². The maximum absolute atomic E-state index is 12.0. The Morgan fingerprint density at radius 3 is 2.61 bits per heavy atom. The number of benzene rings is 1. The van der Waals surface area contributed by atoms with Crippen molar-refractivity contribution in [3.63, 3.8) is 0 Å². The standard InChI is InChI=1S/C14H18N2O2/c1-9-4-5-11(6-10(9)2)14(18)15-12-7-13(17)16(3)8-12/h4-6,12H,7-8H2,1-3H3,(H,15,18). The van der Waals surface area contributed by atoms with Crippen LogP contribution in [-0.4, -0.2) is 36.3 Å². The number of carbonyl (C=O) groups is 2. The quantitative estimate of drug-likeness (QED) is 0.854. The average Bonchev–Trinajstić information content (AvgIpc) is 2.61. The van der Waals surface area contributed by atoms with E-state index in [0.29, 0.717) is 18.5 Å². The smallest absolute Gasteiger partial charge is 0.251 e. The van der Waals surface area contributed by atoms with Crippen molar-refractivity contribution in [1.29, 1.82) is 0 Å². The number of nitrogens with zero attached hydrogens (tertiary/aromatic N) is 1. The number of aryl methyl sites for hydroxylation is 2. The molecular weight excluding hydrogens is 228 g/mol. The second-order valence-electron chi connectivity index (χ2n) is 4.95. The first kappa shape index (κ1) is 12.6. The van der Waals surface area contributed by atoms with Crippen LogP contribution >= 0.6 is 0 Å². The molecule has 1 fully saturated rings. The van der Waals surface area contributed by atoms with Crippen LogP contribution in [0.3, 0.4) is 0 Å². The van der Waals surface area contributed by atoms with Crippen LogP contribution in [0.5, 0.6) is 0 Å². The number of hydrogen-bond acceptors (Lipinski definition) is 2. The zero-order valence-electron chi connectivity index (χ0n) is 11.0. The van der Waals surface area contributed by atoms with E-state index in [0.717, 1.165) is 5.56 Å². The summed E-state index contributed by atoms with van der Waals surface area (Å²) in [4.78, 5) is 25.1. The summed E-state index contributed by atoms with van der Waals surface area (Å²) < 4.78 is 0. The maximum Gasteiger partial charge on any atom is 0.251 e. The molecule has 1 aliphatic rings. The largest absolute Gasteiger partial charge is 0.347 e. The Balaban J connectivity index is 2.04. The lowest BCUT2D eigenvalue weighted by Crippen LogP contribution is -2.36. The fourth-order valence-electron chi connectivity index (χ4n) is 2.11. The van der Waals surface area contributed by atoms with Crippen LogP contribution in [0.1, 0.15) is 27.9 Å². The Hall–Kier alpha value is -1.84. The zero-order valence-corrected chi connectivity index (χ0v) is 11.0. The van der Waals surface area contributed by atoms with Gasteiger partial charge in [0.15, 0.2) is 0 Å². The summed E-state index contributed by atoms with van der Waals surface area (Å²) in [6.45, 7) is 4.59. The van der Waals surface area contributed by atoms with E-state index in [1.807, 2.05) is 32.0 Å². The highest BCUT2D eigenvalue weighted by Gasteiger charge is 2.28. The van der Waals surface area contributed by atoms with Crippen LogP contribution in [-0.2, 0) is 4.79 Å². The number of likely N-dealkylation sites (N-methyl/N-ethyl adjacent to an activating group) is 1. The van der Waals surface area contributed by atoms with Crippen molar-refractivity contribution < 1.29 is 9.59 Å². The molecule has 4 heteroatoms. The number of hydrogen-bond donors (Lipinski definition) is 1. The van der Waals surface area contributed by atoms with Gasteiger partial charge in [-0.25, -0.2) is 0 Å². The molecule has 1 heterocycles. The Morgan fingerprint density at radius 1 is 1.33 bits per heavy atom. The summed E-state index contributed by atoms with van der Waals surface area (Å²) >= 11 is 0. The van der Waals surface area contributed by atoms with Gasteiger partial charge in [-0.1, -0.05) is 6.07 Å². The monoisotopic (exact) mass is 246 g/mol. The molecule has 1 atom stereocenters. The third-order valence-electron chi connectivity index (χ3n) is 3.45. The van der Waals surface area contributed by atoms with Crippen LogP contribution in [0.25, 0.3) is 0 Å². The van der Waals surface area contributed by atoms with E-state index < -0.39 is 0 Å². The Morgan fingerprint density at radius 2 is 2.06 bits per heavy atom. The number of rotatable bonds is 2. The number of amides is 2. The molecule has 0 bridgehead atoms. The Bertz CT molecular complexity index is 497. The van der Waals surface area contributed by atoms with Crippen molar-refractivity contribution >= 4 is 11.8 Å². The number of likely N-dealkylation sites (tertiary alicyclic amines) is 1. The molecule has 0 saturated carbocycles. The molecule has 2 rings (SSSR count). The lowest BCUT2D eigenvalue weighted by Gasteiger charge is -2.13. The van der Waals surface area contributed by atoms with Gasteiger partial charge in [-0.2, -0.15) is 0 Å². The fourth-order valence-corrected chi connectivity index (χ4v) is 2.11. The lowest BCUT2D eigenvalue weighted by atomic mass is 10.1. The number of carbonyl (C=O) groups excluding carboxylic acids is 2. The van der Waals surface area contributed by atoms with E-state index in [1.165, 1.54) is 5.56 Å². The summed E-state index contributed by atoms with van der Waals surface area (Å²) in [7, 11) is 1.75. The van der Waals surface area contributed by atoms with E-state index in [9.17, 15) is 9.59 Å². The van der Waals surface area contributed by atoms with Gasteiger partial charge in [-0.15, -0.1) is 0 Å². The van der Waals surface area contributed by atoms with Gasteiger partial charge >= 0.3 is 0 Å². The van der Waals surface area contributed by atoms with Crippen LogP contribution in [0.15, 0.2) is 18.2 Å². The first-order valence-electron chi connectivity index (χ1n) is 6.09. The molecule has 0 aromatic heterocycles. The van der Waals surface area contributed by atoms with E-state index in [4.69, 9.17) is 0 Å². The van der Waals surface area contributed by atoms with Crippen molar-refractivity contribution in [2.75, 3.05) is 13.6 Å². The van der Waals surface area contributed by atoms with Crippen LogP contribution < -0.4 is 5.32 Å². The predicted octanol–water partition coefficient (Wildman–Crippen LogP) is 1.26. The second kappa shape index (κ2) is 4.80. The topological polar surface area (TPSA) is 49.4 Å². The maximum atomic E-state index is 12.0. The molecule has 18 heavy (non-hydrogen) atoms. The molecule has 1 aromatic carbocycles. The van der Waals surface area contributed by atoms with Crippen molar-refractivity contribution in [2.24, 2.45) is 0 Å². The molecule has 1 unspecified atom stereocenters. The van der Waals surface area contributed by atoms with Crippen molar-refractivity contribution in [1.82, 2.24) is 10.2 Å². The molecule has 1 aromatic rings. The predicted molar refractivity (Wildman–Crippen MR) is 69.4 cm³/mol. The zero-order chi connectivity index (χ0) is 13.3. The van der Waals surface area contributed by atoms with Gasteiger partial charge in [0.2, 0.25) is 5.91 Å². The van der Waals surface area contributed by atoms with Crippen LogP contribution in [0, 0.1) is 13.8 Å². The molecule has 0 radical (unpaired) electrons. The fraction of sp³-hybridized carbons (Fsp3) is 0.429. The first-order valence-corrected chi connectivity index (χ1v) is 6.09. The van der Waals surface area contributed by atoms with Crippen LogP contribution in [0.2, 0.25) is 0 Å². The van der Waals surface area contributed by atoms with Gasteiger partial charge in [0.25, 0.3) is 5.91 Å². The minimum absolute atomic E-state index is 0.0726. The van der Waals surface area contributed by atoms with Gasteiger partial charge < -0.3 is 10.2 Å². The minimum Gasteiger partial charge on any atom is -0.347 e. The van der Waals surface area contributed by atoms with Gasteiger partial charge in [0, 0.05) is 25.6 Å². The number of nitrogens with one attached hydrogen (secondary N) is 1. The molecule has 1 saturated heterocycles. The van der Waals surface area contributed by atoms with E-state index >= 15 is 0 Å². The lowest BCUT2D eigenvalue weighted by molar-refractivity contribution is -0.126. The third-order valence-corrected chi connectivity index (χ3v) is 3.45. The Kier molecular flexibility index (Phi) is 3.36. The molecule has 1 aliphatic heterocycles. The highest BCUT2D eigenvalue weighted by atomic mass is 16.2. The molecule has 0 aliphatic carbocycles. The van der Waals surface area contributed by atoms with Gasteiger partial charge in [-0.05, 0) is 37.1 Å². The molecule has 1 N–H and O–H groups in total. The first-order chi connectivity index (χ1) is 8.47. The highest BCUT2D eigenvalue weighted by Crippen LogP contribution is 2.12. The molecular formula is C14H18N2O2. The average molecular weight is 246 g/mol. The van der Waals surface area contributed by atoms with Gasteiger partial charge in [-0.3, -0.25) is 9.59 Å². The summed E-state index contributed by atoms with van der Waals surface area (Å²) in [6.07, 6.45) is 0.396. The Labute approximate surface area is 107 Å². The van der Waals surface area contributed by atoms with Crippen LogP contribution in [0.4, 0.5) is 0 Å². The molecule has 96 valence electrons. The minimum atomic E-state index is -0.105. The second-order valence-corrected chi connectivity index (χ2v) is 4.95. The molecule has 0 spiro atoms. The van der Waals surface area contributed by atoms with Crippen molar-refractivity contribution in [3.05, 3.63) is 34.9 Å². The van der Waals surface area contributed by atoms with E-state index in [-0.39, 0.29) is 17.9 Å². The summed E-state index contributed by atoms with van der Waals surface area (Å²) in [5, 5.41) is 2.90. The SMILES string of the molecule is Cc1ccc(C(=O)NC2CC(=O)N(C)C2)cc1C. The normalized spacial score (nSPS) is 19.2. The highest BCUT2D eigenvalue weighted by molar-refractivity contribution is 5.95. The van der Waals surface area contributed by atoms with Gasteiger partial charge in [0.05, 0.1) is 6.04 Å². The molecule has 2 amide bonds. The summed E-state index contributed by atoms with van der Waals surface area (Å²) in [5.41, 5.74) is 2.92. The molecule has 4 nitrogen and oxygen atoms in total.